The Labute approximate surface area is 128 Å². The normalized spacial score (nSPS) is 29.5. The number of carbonyl (C=O) groups excluding carboxylic acids is 2. The number of esters is 1. The van der Waals surface area contributed by atoms with E-state index in [1.54, 1.807) is 6.08 Å². The highest BCUT2D eigenvalue weighted by molar-refractivity contribution is 5.69. The molecule has 0 amide bonds. The van der Waals surface area contributed by atoms with Crippen LogP contribution in [0, 0.1) is 0 Å². The third kappa shape index (κ3) is 4.08. The van der Waals surface area contributed by atoms with E-state index in [0.29, 0.717) is 6.42 Å². The molecule has 4 atom stereocenters. The second-order valence-corrected chi connectivity index (χ2v) is 4.96. The third-order valence-electron chi connectivity index (χ3n) is 3.36. The predicted molar refractivity (Wildman–Crippen MR) is 75.2 cm³/mol. The molecule has 2 heterocycles. The smallest absolute Gasteiger partial charge is 0.457 e. The van der Waals surface area contributed by atoms with Crippen molar-refractivity contribution in [2.75, 3.05) is 19.8 Å². The van der Waals surface area contributed by atoms with Gasteiger partial charge in [0.2, 0.25) is 0 Å². The molecule has 2 fully saturated rings. The molecule has 7 nitrogen and oxygen atoms in total. The maximum Gasteiger partial charge on any atom is 0.509 e. The summed E-state index contributed by atoms with van der Waals surface area (Å²) in [4.78, 5) is 23.1. The van der Waals surface area contributed by atoms with E-state index >= 15 is 0 Å². The standard InChI is InChI=1S/C15H20O7/c1-3-5-6-12(16)21-10-8-19-14-11(9-20-13(10)14)22-15(17)18-7-4-2/h3-4,10-11,13-14H,1-2,5-9H2/t10-,11+,13+,14+/m0/s1. The summed E-state index contributed by atoms with van der Waals surface area (Å²) in [5, 5.41) is 0. The Bertz CT molecular complexity index is 394. The van der Waals surface area contributed by atoms with Gasteiger partial charge < -0.3 is 23.7 Å². The first-order chi connectivity index (χ1) is 10.7. The first-order valence-electron chi connectivity index (χ1n) is 7.13. The van der Waals surface area contributed by atoms with E-state index in [2.05, 4.69) is 13.2 Å². The second kappa shape index (κ2) is 7.95. The maximum atomic E-state index is 11.6. The molecule has 2 rings (SSSR count). The van der Waals surface area contributed by atoms with Crippen LogP contribution < -0.4 is 0 Å². The van der Waals surface area contributed by atoms with Crippen molar-refractivity contribution in [1.82, 2.24) is 0 Å². The molecular formula is C15H20O7. The Morgan fingerprint density at radius 3 is 2.27 bits per heavy atom. The van der Waals surface area contributed by atoms with Gasteiger partial charge >= 0.3 is 12.1 Å². The molecule has 0 saturated carbocycles. The predicted octanol–water partition coefficient (Wildman–Crippen LogP) is 1.37. The summed E-state index contributed by atoms with van der Waals surface area (Å²) >= 11 is 0. The minimum atomic E-state index is -0.802. The summed E-state index contributed by atoms with van der Waals surface area (Å²) in [6.45, 7) is 7.47. The van der Waals surface area contributed by atoms with Crippen LogP contribution in [-0.2, 0) is 28.5 Å². The molecule has 0 radical (unpaired) electrons. The van der Waals surface area contributed by atoms with Crippen LogP contribution in [0.2, 0.25) is 0 Å². The fourth-order valence-corrected chi connectivity index (χ4v) is 2.36. The van der Waals surface area contributed by atoms with Crippen molar-refractivity contribution in [2.45, 2.75) is 37.3 Å². The van der Waals surface area contributed by atoms with Crippen LogP contribution in [0.25, 0.3) is 0 Å². The first kappa shape index (κ1) is 16.5. The Kier molecular flexibility index (Phi) is 5.97. The van der Waals surface area contributed by atoms with Crippen molar-refractivity contribution < 1.29 is 33.3 Å². The molecule has 0 bridgehead atoms. The van der Waals surface area contributed by atoms with Crippen LogP contribution in [0.1, 0.15) is 12.8 Å². The largest absolute Gasteiger partial charge is 0.509 e. The van der Waals surface area contributed by atoms with Crippen molar-refractivity contribution in [3.63, 3.8) is 0 Å². The molecule has 0 aromatic rings. The lowest BCUT2D eigenvalue weighted by atomic mass is 10.1. The number of hydrogen-bond acceptors (Lipinski definition) is 7. The van der Waals surface area contributed by atoms with Crippen molar-refractivity contribution in [2.24, 2.45) is 0 Å². The Hall–Kier alpha value is -1.86. The van der Waals surface area contributed by atoms with Gasteiger partial charge in [-0.05, 0) is 6.42 Å². The quantitative estimate of drug-likeness (QED) is 0.519. The van der Waals surface area contributed by atoms with Gasteiger partial charge in [-0.3, -0.25) is 4.79 Å². The molecule has 122 valence electrons. The Morgan fingerprint density at radius 1 is 1.05 bits per heavy atom. The lowest BCUT2D eigenvalue weighted by Gasteiger charge is -2.17. The minimum Gasteiger partial charge on any atom is -0.457 e. The molecule has 2 aliphatic heterocycles. The lowest BCUT2D eigenvalue weighted by Crippen LogP contribution is -2.36. The van der Waals surface area contributed by atoms with Gasteiger partial charge in [0.1, 0.15) is 18.8 Å². The molecular weight excluding hydrogens is 292 g/mol. The van der Waals surface area contributed by atoms with Crippen LogP contribution in [0.5, 0.6) is 0 Å². The molecule has 22 heavy (non-hydrogen) atoms. The van der Waals surface area contributed by atoms with E-state index in [-0.39, 0.29) is 32.2 Å². The van der Waals surface area contributed by atoms with Gasteiger partial charge in [0.05, 0.1) is 13.2 Å². The number of ether oxygens (including phenoxy) is 5. The van der Waals surface area contributed by atoms with Gasteiger partial charge in [-0.1, -0.05) is 18.7 Å². The van der Waals surface area contributed by atoms with Gasteiger partial charge in [-0.15, -0.1) is 6.58 Å². The maximum absolute atomic E-state index is 11.6. The van der Waals surface area contributed by atoms with Crippen LogP contribution in [0.15, 0.2) is 25.3 Å². The van der Waals surface area contributed by atoms with Crippen molar-refractivity contribution in [1.29, 1.82) is 0 Å². The van der Waals surface area contributed by atoms with E-state index in [1.165, 1.54) is 6.08 Å². The second-order valence-electron chi connectivity index (χ2n) is 4.96. The molecule has 0 aromatic heterocycles. The molecule has 0 N–H and O–H groups in total. The summed E-state index contributed by atoms with van der Waals surface area (Å²) in [6.07, 6.45) is 1.19. The fraction of sp³-hybridized carbons (Fsp3) is 0.600. The Morgan fingerprint density at radius 2 is 1.68 bits per heavy atom. The van der Waals surface area contributed by atoms with E-state index < -0.39 is 30.6 Å². The van der Waals surface area contributed by atoms with Crippen LogP contribution >= 0.6 is 0 Å². The first-order valence-corrected chi connectivity index (χ1v) is 7.13. The van der Waals surface area contributed by atoms with Gasteiger partial charge in [-0.25, -0.2) is 4.79 Å². The highest BCUT2D eigenvalue weighted by Gasteiger charge is 2.51. The van der Waals surface area contributed by atoms with Crippen LogP contribution in [0.4, 0.5) is 4.79 Å². The van der Waals surface area contributed by atoms with Crippen LogP contribution in [-0.4, -0.2) is 56.4 Å². The number of hydrogen-bond donors (Lipinski definition) is 0. The van der Waals surface area contributed by atoms with Crippen molar-refractivity contribution in [3.8, 4) is 0 Å². The van der Waals surface area contributed by atoms with Gasteiger partial charge in [-0.2, -0.15) is 0 Å². The lowest BCUT2D eigenvalue weighted by molar-refractivity contribution is -0.153. The number of fused-ring (bicyclic) bond motifs is 1. The Balaban J connectivity index is 1.80. The van der Waals surface area contributed by atoms with Crippen LogP contribution in [0.3, 0.4) is 0 Å². The van der Waals surface area contributed by atoms with Crippen molar-refractivity contribution in [3.05, 3.63) is 25.3 Å². The topological polar surface area (TPSA) is 80.3 Å². The summed E-state index contributed by atoms with van der Waals surface area (Å²) in [6, 6.07) is 0. The summed E-state index contributed by atoms with van der Waals surface area (Å²) in [7, 11) is 0. The van der Waals surface area contributed by atoms with Gasteiger partial charge in [0, 0.05) is 6.42 Å². The van der Waals surface area contributed by atoms with E-state index in [0.717, 1.165) is 0 Å². The van der Waals surface area contributed by atoms with Gasteiger partial charge in [0.25, 0.3) is 0 Å². The van der Waals surface area contributed by atoms with E-state index in [1.807, 2.05) is 0 Å². The summed E-state index contributed by atoms with van der Waals surface area (Å²) in [5.41, 5.74) is 0. The van der Waals surface area contributed by atoms with Crippen molar-refractivity contribution >= 4 is 12.1 Å². The highest BCUT2D eigenvalue weighted by atomic mass is 16.7. The SMILES string of the molecule is C=CCCC(=O)O[C@H]1CO[C@H]2[C@@H]1OC[C@H]2OC(=O)OCC=C. The number of carbonyl (C=O) groups is 2. The zero-order chi connectivity index (χ0) is 15.9. The molecule has 0 aromatic carbocycles. The van der Waals surface area contributed by atoms with E-state index in [4.69, 9.17) is 23.7 Å². The highest BCUT2D eigenvalue weighted by Crippen LogP contribution is 2.31. The molecule has 0 spiro atoms. The zero-order valence-corrected chi connectivity index (χ0v) is 12.3. The third-order valence-corrected chi connectivity index (χ3v) is 3.36. The van der Waals surface area contributed by atoms with Gasteiger partial charge in [0.15, 0.2) is 12.2 Å². The summed E-state index contributed by atoms with van der Waals surface area (Å²) < 4.78 is 26.3. The average Bonchev–Trinajstić information content (AvgIpc) is 3.07. The monoisotopic (exact) mass is 312 g/mol. The molecule has 7 heteroatoms. The summed E-state index contributed by atoms with van der Waals surface area (Å²) in [5.74, 6) is -0.326. The molecule has 2 saturated heterocycles. The number of rotatable bonds is 7. The molecule has 2 aliphatic rings. The number of allylic oxidation sites excluding steroid dienone is 1. The fourth-order valence-electron chi connectivity index (χ4n) is 2.36. The molecule has 0 aliphatic carbocycles. The zero-order valence-electron chi connectivity index (χ0n) is 12.3. The van der Waals surface area contributed by atoms with E-state index in [9.17, 15) is 9.59 Å². The molecule has 0 unspecified atom stereocenters. The average molecular weight is 312 g/mol. The minimum absolute atomic E-state index is 0.0743.